The number of fused-ring (bicyclic) bond motifs is 1. The number of hydrogen-bond donors (Lipinski definition) is 0. The van der Waals surface area contributed by atoms with Crippen LogP contribution in [0.3, 0.4) is 0 Å². The SMILES string of the molecule is Clc1ccc2cc(Cc3ccccc3)sc2c1. The molecule has 0 atom stereocenters. The molecule has 0 N–H and O–H groups in total. The lowest BCUT2D eigenvalue weighted by Crippen LogP contribution is -1.81. The summed E-state index contributed by atoms with van der Waals surface area (Å²) in [5.41, 5.74) is 1.35. The first kappa shape index (κ1) is 10.8. The summed E-state index contributed by atoms with van der Waals surface area (Å²) in [6.07, 6.45) is 0.998. The summed E-state index contributed by atoms with van der Waals surface area (Å²) in [5.74, 6) is 0. The lowest BCUT2D eigenvalue weighted by atomic mass is 10.1. The number of hydrogen-bond acceptors (Lipinski definition) is 1. The Morgan fingerprint density at radius 3 is 2.59 bits per heavy atom. The van der Waals surface area contributed by atoms with Crippen molar-refractivity contribution in [1.29, 1.82) is 0 Å². The van der Waals surface area contributed by atoms with E-state index in [4.69, 9.17) is 11.6 Å². The van der Waals surface area contributed by atoms with E-state index in [9.17, 15) is 0 Å². The first-order valence-electron chi connectivity index (χ1n) is 5.53. The summed E-state index contributed by atoms with van der Waals surface area (Å²) in [7, 11) is 0. The molecule has 0 unspecified atom stereocenters. The molecule has 0 bridgehead atoms. The molecule has 0 saturated carbocycles. The zero-order chi connectivity index (χ0) is 11.7. The van der Waals surface area contributed by atoms with Crippen LogP contribution in [0.1, 0.15) is 10.4 Å². The Hall–Kier alpha value is -1.31. The van der Waals surface area contributed by atoms with Gasteiger partial charge in [0, 0.05) is 21.0 Å². The maximum absolute atomic E-state index is 5.99. The molecule has 17 heavy (non-hydrogen) atoms. The van der Waals surface area contributed by atoms with Crippen LogP contribution in [0.4, 0.5) is 0 Å². The molecule has 3 rings (SSSR count). The Bertz CT molecular complexity index is 640. The second kappa shape index (κ2) is 4.52. The van der Waals surface area contributed by atoms with Gasteiger partial charge in [0.1, 0.15) is 0 Å². The number of benzene rings is 2. The quantitative estimate of drug-likeness (QED) is 0.597. The molecule has 0 radical (unpaired) electrons. The van der Waals surface area contributed by atoms with Crippen molar-refractivity contribution in [1.82, 2.24) is 0 Å². The first-order valence-corrected chi connectivity index (χ1v) is 6.72. The van der Waals surface area contributed by atoms with Gasteiger partial charge in [0.2, 0.25) is 0 Å². The van der Waals surface area contributed by atoms with Crippen LogP contribution in [-0.2, 0) is 6.42 Å². The van der Waals surface area contributed by atoms with Crippen molar-refractivity contribution in [2.75, 3.05) is 0 Å². The zero-order valence-electron chi connectivity index (χ0n) is 9.19. The molecule has 84 valence electrons. The highest BCUT2D eigenvalue weighted by Crippen LogP contribution is 2.29. The van der Waals surface area contributed by atoms with Gasteiger partial charge in [0.05, 0.1) is 0 Å². The molecule has 0 fully saturated rings. The van der Waals surface area contributed by atoms with Crippen LogP contribution in [0, 0.1) is 0 Å². The molecule has 1 heterocycles. The molecule has 1 aromatic heterocycles. The molecule has 0 aliphatic heterocycles. The van der Waals surface area contributed by atoms with Crippen molar-refractivity contribution in [3.8, 4) is 0 Å². The Morgan fingerprint density at radius 2 is 1.76 bits per heavy atom. The average molecular weight is 259 g/mol. The predicted molar refractivity (Wildman–Crippen MR) is 76.1 cm³/mol. The first-order chi connectivity index (χ1) is 8.31. The molecular formula is C15H11ClS. The van der Waals surface area contributed by atoms with Crippen LogP contribution in [0.15, 0.2) is 54.6 Å². The topological polar surface area (TPSA) is 0 Å². The van der Waals surface area contributed by atoms with Gasteiger partial charge in [-0.2, -0.15) is 0 Å². The highest BCUT2D eigenvalue weighted by atomic mass is 35.5. The van der Waals surface area contributed by atoms with Crippen molar-refractivity contribution >= 4 is 33.0 Å². The average Bonchev–Trinajstić information content (AvgIpc) is 2.71. The molecule has 2 heteroatoms. The van der Waals surface area contributed by atoms with Gasteiger partial charge < -0.3 is 0 Å². The van der Waals surface area contributed by atoms with Crippen molar-refractivity contribution in [3.05, 3.63) is 70.1 Å². The minimum atomic E-state index is 0.811. The molecule has 0 aliphatic rings. The maximum Gasteiger partial charge on any atom is 0.0420 e. The normalized spacial score (nSPS) is 10.9. The van der Waals surface area contributed by atoms with E-state index in [2.05, 4.69) is 36.4 Å². The van der Waals surface area contributed by atoms with Gasteiger partial charge in [-0.1, -0.05) is 48.0 Å². The van der Waals surface area contributed by atoms with E-state index in [0.717, 1.165) is 11.4 Å². The number of rotatable bonds is 2. The van der Waals surface area contributed by atoms with Crippen LogP contribution < -0.4 is 0 Å². The van der Waals surface area contributed by atoms with Gasteiger partial charge in [-0.15, -0.1) is 11.3 Å². The highest BCUT2D eigenvalue weighted by molar-refractivity contribution is 7.19. The number of halogens is 1. The van der Waals surface area contributed by atoms with Gasteiger partial charge in [-0.3, -0.25) is 0 Å². The molecule has 0 spiro atoms. The van der Waals surface area contributed by atoms with E-state index < -0.39 is 0 Å². The molecule has 0 nitrogen and oxygen atoms in total. The molecule has 3 aromatic rings. The van der Waals surface area contributed by atoms with E-state index >= 15 is 0 Å². The van der Waals surface area contributed by atoms with E-state index in [-0.39, 0.29) is 0 Å². The van der Waals surface area contributed by atoms with Crippen LogP contribution in [0.25, 0.3) is 10.1 Å². The highest BCUT2D eigenvalue weighted by Gasteiger charge is 2.03. The lowest BCUT2D eigenvalue weighted by Gasteiger charge is -1.96. The Kier molecular flexibility index (Phi) is 2.87. The van der Waals surface area contributed by atoms with Gasteiger partial charge >= 0.3 is 0 Å². The van der Waals surface area contributed by atoms with Gasteiger partial charge in [0.15, 0.2) is 0 Å². The predicted octanol–water partition coefficient (Wildman–Crippen LogP) is 5.15. The fraction of sp³-hybridized carbons (Fsp3) is 0.0667. The molecular weight excluding hydrogens is 248 g/mol. The lowest BCUT2D eigenvalue weighted by molar-refractivity contribution is 1.24. The molecule has 0 amide bonds. The second-order valence-electron chi connectivity index (χ2n) is 4.06. The fourth-order valence-corrected chi connectivity index (χ4v) is 3.32. The van der Waals surface area contributed by atoms with Gasteiger partial charge in [0.25, 0.3) is 0 Å². The molecule has 2 aromatic carbocycles. The third-order valence-electron chi connectivity index (χ3n) is 2.75. The summed E-state index contributed by atoms with van der Waals surface area (Å²) in [6, 6.07) is 18.9. The van der Waals surface area contributed by atoms with Crippen LogP contribution >= 0.6 is 22.9 Å². The minimum Gasteiger partial charge on any atom is -0.140 e. The summed E-state index contributed by atoms with van der Waals surface area (Å²) >= 11 is 7.82. The van der Waals surface area contributed by atoms with Crippen molar-refractivity contribution in [2.45, 2.75) is 6.42 Å². The van der Waals surface area contributed by atoms with Crippen molar-refractivity contribution < 1.29 is 0 Å². The van der Waals surface area contributed by atoms with Gasteiger partial charge in [-0.25, -0.2) is 0 Å². The Labute approximate surface area is 109 Å². The standard InChI is InChI=1S/C15H11ClS/c16-13-7-6-12-9-14(17-15(12)10-13)8-11-4-2-1-3-5-11/h1-7,9-10H,8H2. The molecule has 0 saturated heterocycles. The van der Waals surface area contributed by atoms with E-state index in [0.29, 0.717) is 0 Å². The van der Waals surface area contributed by atoms with Crippen LogP contribution in [0.2, 0.25) is 5.02 Å². The Balaban J connectivity index is 1.96. The second-order valence-corrected chi connectivity index (χ2v) is 5.66. The van der Waals surface area contributed by atoms with Crippen LogP contribution in [-0.4, -0.2) is 0 Å². The fourth-order valence-electron chi connectivity index (χ4n) is 1.94. The summed E-state index contributed by atoms with van der Waals surface area (Å²) < 4.78 is 1.27. The molecule has 0 aliphatic carbocycles. The maximum atomic E-state index is 5.99. The van der Waals surface area contributed by atoms with Gasteiger partial charge in [-0.05, 0) is 29.1 Å². The third-order valence-corrected chi connectivity index (χ3v) is 4.09. The van der Waals surface area contributed by atoms with Crippen molar-refractivity contribution in [3.63, 3.8) is 0 Å². The number of thiophene rings is 1. The third kappa shape index (κ3) is 2.36. The van der Waals surface area contributed by atoms with E-state index in [1.54, 1.807) is 0 Å². The Morgan fingerprint density at radius 1 is 0.941 bits per heavy atom. The van der Waals surface area contributed by atoms with E-state index in [1.165, 1.54) is 20.5 Å². The minimum absolute atomic E-state index is 0.811. The largest absolute Gasteiger partial charge is 0.140 e. The summed E-state index contributed by atoms with van der Waals surface area (Å²) in [5, 5.41) is 2.09. The monoisotopic (exact) mass is 258 g/mol. The summed E-state index contributed by atoms with van der Waals surface area (Å²) in [4.78, 5) is 1.38. The smallest absolute Gasteiger partial charge is 0.0420 e. The zero-order valence-corrected chi connectivity index (χ0v) is 10.8. The van der Waals surface area contributed by atoms with Crippen molar-refractivity contribution in [2.24, 2.45) is 0 Å². The van der Waals surface area contributed by atoms with E-state index in [1.807, 2.05) is 29.5 Å². The van der Waals surface area contributed by atoms with Crippen LogP contribution in [0.5, 0.6) is 0 Å². The summed E-state index contributed by atoms with van der Waals surface area (Å²) in [6.45, 7) is 0.